The molecule has 0 fully saturated rings. The van der Waals surface area contributed by atoms with Gasteiger partial charge in [0.1, 0.15) is 5.69 Å². The van der Waals surface area contributed by atoms with Gasteiger partial charge >= 0.3 is 6.01 Å². The van der Waals surface area contributed by atoms with Crippen LogP contribution >= 0.6 is 11.3 Å². The van der Waals surface area contributed by atoms with E-state index in [0.29, 0.717) is 11.6 Å². The van der Waals surface area contributed by atoms with Crippen molar-refractivity contribution in [2.45, 2.75) is 6.92 Å². The van der Waals surface area contributed by atoms with Crippen molar-refractivity contribution in [1.82, 2.24) is 15.2 Å². The van der Waals surface area contributed by atoms with Gasteiger partial charge in [0.15, 0.2) is 0 Å². The zero-order valence-electron chi connectivity index (χ0n) is 6.31. The summed E-state index contributed by atoms with van der Waals surface area (Å²) in [6.45, 7) is 1.91. The lowest BCUT2D eigenvalue weighted by Crippen LogP contribution is -1.81. The summed E-state index contributed by atoms with van der Waals surface area (Å²) >= 11 is 1.53. The van der Waals surface area contributed by atoms with Crippen molar-refractivity contribution in [1.29, 1.82) is 0 Å². The summed E-state index contributed by atoms with van der Waals surface area (Å²) in [6.07, 6.45) is 0. The Kier molecular flexibility index (Phi) is 1.54. The lowest BCUT2D eigenvalue weighted by atomic mass is 10.5. The molecule has 0 spiro atoms. The zero-order chi connectivity index (χ0) is 8.55. The van der Waals surface area contributed by atoms with Crippen molar-refractivity contribution in [3.8, 4) is 11.6 Å². The highest BCUT2D eigenvalue weighted by Crippen LogP contribution is 2.20. The molecular formula is C6H6N4OS. The van der Waals surface area contributed by atoms with Crippen LogP contribution in [0, 0.1) is 6.92 Å². The van der Waals surface area contributed by atoms with E-state index in [1.54, 1.807) is 0 Å². The molecule has 2 rings (SSSR count). The van der Waals surface area contributed by atoms with Gasteiger partial charge < -0.3 is 10.2 Å². The standard InChI is InChI=1S/C6H6N4OS/c1-3-8-4(2-12-3)5-9-10-6(7)11-5/h2H,1H3,(H2,7,10). The lowest BCUT2D eigenvalue weighted by Gasteiger charge is -1.82. The van der Waals surface area contributed by atoms with Gasteiger partial charge in [-0.25, -0.2) is 4.98 Å². The Morgan fingerprint density at radius 3 is 2.83 bits per heavy atom. The summed E-state index contributed by atoms with van der Waals surface area (Å²) < 4.78 is 4.98. The Hall–Kier alpha value is -1.43. The second-order valence-corrected chi connectivity index (χ2v) is 3.26. The van der Waals surface area contributed by atoms with Crippen LogP contribution < -0.4 is 5.73 Å². The van der Waals surface area contributed by atoms with Crippen molar-refractivity contribution >= 4 is 17.4 Å². The van der Waals surface area contributed by atoms with E-state index in [-0.39, 0.29) is 6.01 Å². The molecule has 0 aliphatic heterocycles. The number of thiazole rings is 1. The molecule has 0 saturated heterocycles. The van der Waals surface area contributed by atoms with E-state index in [0.717, 1.165) is 5.01 Å². The van der Waals surface area contributed by atoms with Gasteiger partial charge in [0, 0.05) is 5.38 Å². The number of hydrogen-bond acceptors (Lipinski definition) is 6. The summed E-state index contributed by atoms with van der Waals surface area (Å²) in [5.41, 5.74) is 5.94. The monoisotopic (exact) mass is 182 g/mol. The molecule has 0 saturated carbocycles. The Labute approximate surface area is 72.3 Å². The van der Waals surface area contributed by atoms with E-state index in [2.05, 4.69) is 15.2 Å². The first-order valence-electron chi connectivity index (χ1n) is 3.27. The van der Waals surface area contributed by atoms with E-state index in [4.69, 9.17) is 10.2 Å². The zero-order valence-corrected chi connectivity index (χ0v) is 7.13. The number of rotatable bonds is 1. The maximum atomic E-state index is 5.26. The fraction of sp³-hybridized carbons (Fsp3) is 0.167. The highest BCUT2D eigenvalue weighted by Gasteiger charge is 2.08. The van der Waals surface area contributed by atoms with Gasteiger partial charge in [-0.2, -0.15) is 0 Å². The first-order valence-corrected chi connectivity index (χ1v) is 4.15. The second-order valence-electron chi connectivity index (χ2n) is 2.20. The summed E-state index contributed by atoms with van der Waals surface area (Å²) in [5.74, 6) is 0.372. The van der Waals surface area contributed by atoms with Crippen LogP contribution in [0.3, 0.4) is 0 Å². The lowest BCUT2D eigenvalue weighted by molar-refractivity contribution is 0.588. The molecule has 2 aromatic heterocycles. The topological polar surface area (TPSA) is 77.8 Å². The molecule has 6 heteroatoms. The Balaban J connectivity index is 2.43. The van der Waals surface area contributed by atoms with Crippen LogP contribution in [0.4, 0.5) is 6.01 Å². The molecule has 0 atom stereocenters. The van der Waals surface area contributed by atoms with Gasteiger partial charge in [-0.3, -0.25) is 0 Å². The fourth-order valence-corrected chi connectivity index (χ4v) is 1.39. The first kappa shape index (κ1) is 7.23. The van der Waals surface area contributed by atoms with Crippen molar-refractivity contribution in [2.75, 3.05) is 5.73 Å². The predicted molar refractivity (Wildman–Crippen MR) is 44.6 cm³/mol. The Bertz CT molecular complexity index is 355. The molecular weight excluding hydrogens is 176 g/mol. The third-order valence-corrected chi connectivity index (χ3v) is 2.05. The fourth-order valence-electron chi connectivity index (χ4n) is 0.800. The van der Waals surface area contributed by atoms with Gasteiger partial charge in [-0.15, -0.1) is 16.4 Å². The molecule has 5 nitrogen and oxygen atoms in total. The van der Waals surface area contributed by atoms with Gasteiger partial charge in [0.25, 0.3) is 5.89 Å². The number of nitrogens with two attached hydrogens (primary N) is 1. The van der Waals surface area contributed by atoms with E-state index in [1.165, 1.54) is 11.3 Å². The highest BCUT2D eigenvalue weighted by atomic mass is 32.1. The molecule has 2 N–H and O–H groups in total. The number of aryl methyl sites for hydroxylation is 1. The minimum absolute atomic E-state index is 0.0654. The van der Waals surface area contributed by atoms with Crippen molar-refractivity contribution in [3.05, 3.63) is 10.4 Å². The molecule has 2 heterocycles. The van der Waals surface area contributed by atoms with Crippen molar-refractivity contribution < 1.29 is 4.42 Å². The summed E-state index contributed by atoms with van der Waals surface area (Å²) in [4.78, 5) is 4.16. The minimum Gasteiger partial charge on any atom is -0.402 e. The maximum absolute atomic E-state index is 5.26. The average Bonchev–Trinajstić information content (AvgIpc) is 2.58. The van der Waals surface area contributed by atoms with Crippen LogP contribution in [0.25, 0.3) is 11.6 Å². The Morgan fingerprint density at radius 1 is 1.50 bits per heavy atom. The average molecular weight is 182 g/mol. The number of nitrogens with zero attached hydrogens (tertiary/aromatic N) is 3. The largest absolute Gasteiger partial charge is 0.402 e. The molecule has 2 aromatic rings. The van der Waals surface area contributed by atoms with E-state index >= 15 is 0 Å². The summed E-state index contributed by atoms with van der Waals surface area (Å²) in [6, 6.07) is 0.0654. The number of hydrogen-bond donors (Lipinski definition) is 1. The number of nitrogen functional groups attached to an aromatic ring is 1. The Morgan fingerprint density at radius 2 is 2.33 bits per heavy atom. The third-order valence-electron chi connectivity index (χ3n) is 1.28. The smallest absolute Gasteiger partial charge is 0.313 e. The van der Waals surface area contributed by atoms with E-state index in [9.17, 15) is 0 Å². The minimum atomic E-state index is 0.0654. The van der Waals surface area contributed by atoms with Crippen LogP contribution in [-0.4, -0.2) is 15.2 Å². The van der Waals surface area contributed by atoms with Gasteiger partial charge in [-0.1, -0.05) is 5.10 Å². The quantitative estimate of drug-likeness (QED) is 0.714. The van der Waals surface area contributed by atoms with Crippen LogP contribution in [0.15, 0.2) is 9.80 Å². The molecule has 12 heavy (non-hydrogen) atoms. The second kappa shape index (κ2) is 2.56. The molecule has 0 aromatic carbocycles. The number of anilines is 1. The normalized spacial score (nSPS) is 10.4. The summed E-state index contributed by atoms with van der Waals surface area (Å²) in [7, 11) is 0. The van der Waals surface area contributed by atoms with Gasteiger partial charge in [0.05, 0.1) is 5.01 Å². The molecule has 0 radical (unpaired) electrons. The van der Waals surface area contributed by atoms with Gasteiger partial charge in [-0.05, 0) is 6.92 Å². The molecule has 0 aliphatic carbocycles. The van der Waals surface area contributed by atoms with Crippen LogP contribution in [0.5, 0.6) is 0 Å². The molecule has 0 amide bonds. The van der Waals surface area contributed by atoms with Crippen LogP contribution in [-0.2, 0) is 0 Å². The molecule has 0 unspecified atom stereocenters. The maximum Gasteiger partial charge on any atom is 0.313 e. The first-order chi connectivity index (χ1) is 5.75. The van der Waals surface area contributed by atoms with Crippen LogP contribution in [0.2, 0.25) is 0 Å². The summed E-state index contributed by atoms with van der Waals surface area (Å²) in [5, 5.41) is 10.0. The molecule has 0 aliphatic rings. The van der Waals surface area contributed by atoms with E-state index in [1.807, 2.05) is 12.3 Å². The van der Waals surface area contributed by atoms with Crippen molar-refractivity contribution in [2.24, 2.45) is 0 Å². The number of aromatic nitrogens is 3. The van der Waals surface area contributed by atoms with E-state index < -0.39 is 0 Å². The highest BCUT2D eigenvalue weighted by molar-refractivity contribution is 7.09. The van der Waals surface area contributed by atoms with Gasteiger partial charge in [0.2, 0.25) is 0 Å². The van der Waals surface area contributed by atoms with Crippen LogP contribution in [0.1, 0.15) is 5.01 Å². The SMILES string of the molecule is Cc1nc(-c2nnc(N)o2)cs1. The third kappa shape index (κ3) is 1.16. The molecule has 62 valence electrons. The molecule has 0 bridgehead atoms. The predicted octanol–water partition coefficient (Wildman–Crippen LogP) is 1.08. The van der Waals surface area contributed by atoms with Crippen molar-refractivity contribution in [3.63, 3.8) is 0 Å².